The lowest BCUT2D eigenvalue weighted by molar-refractivity contribution is -0.385. The molecule has 0 saturated carbocycles. The fraction of sp³-hybridized carbons (Fsp3) is 0. The van der Waals surface area contributed by atoms with Crippen LogP contribution >= 0.6 is 27.7 Å². The van der Waals surface area contributed by atoms with Crippen molar-refractivity contribution in [3.05, 3.63) is 57.1 Å². The fourth-order valence-corrected chi connectivity index (χ4v) is 2.51. The molecular weight excluding hydrogens is 316 g/mol. The third-order valence-corrected chi connectivity index (χ3v) is 3.86. The number of nitro benzene ring substituents is 1. The summed E-state index contributed by atoms with van der Waals surface area (Å²) in [5.74, 6) is 0. The second kappa shape index (κ2) is 5.41. The number of nitrogens with zero attached hydrogens (tertiary/aromatic N) is 1. The Morgan fingerprint density at radius 3 is 2.44 bits per heavy atom. The molecule has 2 rings (SSSR count). The lowest BCUT2D eigenvalue weighted by atomic mass is 10.3. The first-order valence-corrected chi connectivity index (χ1v) is 6.64. The maximum atomic E-state index is 10.7. The maximum absolute atomic E-state index is 10.7. The van der Waals surface area contributed by atoms with Crippen molar-refractivity contribution in [2.45, 2.75) is 9.79 Å². The van der Waals surface area contributed by atoms with Crippen LogP contribution in [0.15, 0.2) is 56.7 Å². The van der Waals surface area contributed by atoms with Gasteiger partial charge in [-0.25, -0.2) is 0 Å². The summed E-state index contributed by atoms with van der Waals surface area (Å²) in [6, 6.07) is 12.1. The molecule has 18 heavy (non-hydrogen) atoms. The van der Waals surface area contributed by atoms with Crippen LogP contribution in [0, 0.1) is 10.1 Å². The quantitative estimate of drug-likeness (QED) is 0.524. The second-order valence-electron chi connectivity index (χ2n) is 3.54. The van der Waals surface area contributed by atoms with Gasteiger partial charge in [0, 0.05) is 32.1 Å². The van der Waals surface area contributed by atoms with Crippen LogP contribution in [-0.2, 0) is 0 Å². The molecule has 92 valence electrons. The molecule has 0 aliphatic carbocycles. The van der Waals surface area contributed by atoms with E-state index in [4.69, 9.17) is 5.73 Å². The first kappa shape index (κ1) is 12.9. The number of rotatable bonds is 3. The third kappa shape index (κ3) is 3.02. The van der Waals surface area contributed by atoms with E-state index >= 15 is 0 Å². The molecule has 2 N–H and O–H groups in total. The molecule has 0 aromatic heterocycles. The molecule has 0 fully saturated rings. The standard InChI is InChI=1S/C12H9BrN2O2S/c13-8-1-4-10(5-2-8)18-12-7-9(15(16)17)3-6-11(12)14/h1-7H,14H2. The summed E-state index contributed by atoms with van der Waals surface area (Å²) in [6.07, 6.45) is 0. The predicted molar refractivity (Wildman–Crippen MR) is 75.8 cm³/mol. The van der Waals surface area contributed by atoms with Gasteiger partial charge in [0.1, 0.15) is 0 Å². The van der Waals surface area contributed by atoms with E-state index < -0.39 is 4.92 Å². The van der Waals surface area contributed by atoms with Gasteiger partial charge >= 0.3 is 0 Å². The number of hydrogen-bond acceptors (Lipinski definition) is 4. The highest BCUT2D eigenvalue weighted by molar-refractivity contribution is 9.10. The molecule has 0 heterocycles. The molecule has 0 unspecified atom stereocenters. The van der Waals surface area contributed by atoms with E-state index in [1.54, 1.807) is 6.07 Å². The largest absolute Gasteiger partial charge is 0.398 e. The number of nitro groups is 1. The highest BCUT2D eigenvalue weighted by Gasteiger charge is 2.10. The summed E-state index contributed by atoms with van der Waals surface area (Å²) in [7, 11) is 0. The summed E-state index contributed by atoms with van der Waals surface area (Å²) in [5, 5.41) is 10.7. The number of non-ortho nitro benzene ring substituents is 1. The normalized spacial score (nSPS) is 10.3. The van der Waals surface area contributed by atoms with Crippen LogP contribution in [-0.4, -0.2) is 4.92 Å². The van der Waals surface area contributed by atoms with Gasteiger partial charge in [0.2, 0.25) is 0 Å². The Bertz CT molecular complexity index is 587. The van der Waals surface area contributed by atoms with Gasteiger partial charge in [-0.05, 0) is 30.3 Å². The van der Waals surface area contributed by atoms with Crippen molar-refractivity contribution >= 4 is 39.1 Å². The summed E-state index contributed by atoms with van der Waals surface area (Å²) in [6.45, 7) is 0. The van der Waals surface area contributed by atoms with Gasteiger partial charge in [0.25, 0.3) is 5.69 Å². The van der Waals surface area contributed by atoms with Crippen LogP contribution in [0.3, 0.4) is 0 Å². The molecule has 0 atom stereocenters. The van der Waals surface area contributed by atoms with Crippen LogP contribution < -0.4 is 5.73 Å². The minimum absolute atomic E-state index is 0.0452. The van der Waals surface area contributed by atoms with Gasteiger partial charge in [-0.2, -0.15) is 0 Å². The molecule has 6 heteroatoms. The molecule has 0 amide bonds. The number of nitrogens with two attached hydrogens (primary N) is 1. The SMILES string of the molecule is Nc1ccc([N+](=O)[O-])cc1Sc1ccc(Br)cc1. The smallest absolute Gasteiger partial charge is 0.270 e. The summed E-state index contributed by atoms with van der Waals surface area (Å²) < 4.78 is 0.985. The molecule has 2 aromatic rings. The van der Waals surface area contributed by atoms with Gasteiger partial charge in [0.05, 0.1) is 4.92 Å². The number of halogens is 1. The average molecular weight is 325 g/mol. The van der Waals surface area contributed by atoms with Crippen molar-refractivity contribution in [2.75, 3.05) is 5.73 Å². The Morgan fingerprint density at radius 2 is 1.83 bits per heavy atom. The number of hydrogen-bond donors (Lipinski definition) is 1. The Kier molecular flexibility index (Phi) is 3.88. The Hall–Kier alpha value is -1.53. The summed E-state index contributed by atoms with van der Waals surface area (Å²) in [4.78, 5) is 11.9. The van der Waals surface area contributed by atoms with Crippen LogP contribution in [0.2, 0.25) is 0 Å². The first-order chi connectivity index (χ1) is 8.56. The zero-order valence-electron chi connectivity index (χ0n) is 9.17. The Morgan fingerprint density at radius 1 is 1.17 bits per heavy atom. The topological polar surface area (TPSA) is 69.2 Å². The van der Waals surface area contributed by atoms with Crippen molar-refractivity contribution in [2.24, 2.45) is 0 Å². The molecule has 4 nitrogen and oxygen atoms in total. The number of anilines is 1. The van der Waals surface area contributed by atoms with Crippen molar-refractivity contribution in [1.29, 1.82) is 0 Å². The van der Waals surface area contributed by atoms with Gasteiger partial charge in [-0.3, -0.25) is 10.1 Å². The lowest BCUT2D eigenvalue weighted by Gasteiger charge is -2.05. The van der Waals surface area contributed by atoms with E-state index in [0.29, 0.717) is 10.6 Å². The van der Waals surface area contributed by atoms with Gasteiger partial charge < -0.3 is 5.73 Å². The molecule has 0 bridgehead atoms. The fourth-order valence-electron chi connectivity index (χ4n) is 1.35. The highest BCUT2D eigenvalue weighted by Crippen LogP contribution is 2.34. The van der Waals surface area contributed by atoms with Crippen molar-refractivity contribution in [1.82, 2.24) is 0 Å². The summed E-state index contributed by atoms with van der Waals surface area (Å²) in [5.41, 5.74) is 6.40. The molecule has 0 spiro atoms. The molecule has 0 radical (unpaired) electrons. The molecule has 2 aromatic carbocycles. The van der Waals surface area contributed by atoms with Crippen LogP contribution in [0.1, 0.15) is 0 Å². The zero-order valence-corrected chi connectivity index (χ0v) is 11.6. The maximum Gasteiger partial charge on any atom is 0.270 e. The highest BCUT2D eigenvalue weighted by atomic mass is 79.9. The minimum atomic E-state index is -0.426. The Balaban J connectivity index is 2.30. The monoisotopic (exact) mass is 324 g/mol. The van der Waals surface area contributed by atoms with Gasteiger partial charge in [0.15, 0.2) is 0 Å². The second-order valence-corrected chi connectivity index (χ2v) is 5.57. The van der Waals surface area contributed by atoms with Gasteiger partial charge in [-0.15, -0.1) is 0 Å². The van der Waals surface area contributed by atoms with E-state index in [1.165, 1.54) is 23.9 Å². The van der Waals surface area contributed by atoms with E-state index in [1.807, 2.05) is 24.3 Å². The van der Waals surface area contributed by atoms with E-state index in [-0.39, 0.29) is 5.69 Å². The van der Waals surface area contributed by atoms with Crippen molar-refractivity contribution in [3.8, 4) is 0 Å². The number of nitrogen functional groups attached to an aromatic ring is 1. The van der Waals surface area contributed by atoms with E-state index in [0.717, 1.165) is 9.37 Å². The molecule has 0 aliphatic heterocycles. The third-order valence-electron chi connectivity index (χ3n) is 2.25. The Labute approximate surface area is 116 Å². The molecular formula is C12H9BrN2O2S. The minimum Gasteiger partial charge on any atom is -0.398 e. The predicted octanol–water partition coefficient (Wildman–Crippen LogP) is 4.09. The average Bonchev–Trinajstić information content (AvgIpc) is 2.34. The first-order valence-electron chi connectivity index (χ1n) is 5.03. The van der Waals surface area contributed by atoms with Gasteiger partial charge in [-0.1, -0.05) is 27.7 Å². The van der Waals surface area contributed by atoms with Crippen molar-refractivity contribution in [3.63, 3.8) is 0 Å². The molecule has 0 saturated heterocycles. The zero-order chi connectivity index (χ0) is 13.1. The van der Waals surface area contributed by atoms with Crippen LogP contribution in [0.5, 0.6) is 0 Å². The van der Waals surface area contributed by atoms with E-state index in [9.17, 15) is 10.1 Å². The lowest BCUT2D eigenvalue weighted by Crippen LogP contribution is -1.92. The molecule has 0 aliphatic rings. The van der Waals surface area contributed by atoms with E-state index in [2.05, 4.69) is 15.9 Å². The summed E-state index contributed by atoms with van der Waals surface area (Å²) >= 11 is 4.76. The van der Waals surface area contributed by atoms with Crippen LogP contribution in [0.4, 0.5) is 11.4 Å². The van der Waals surface area contributed by atoms with Crippen molar-refractivity contribution < 1.29 is 4.92 Å². The number of benzene rings is 2. The van der Waals surface area contributed by atoms with Crippen LogP contribution in [0.25, 0.3) is 0 Å².